The molecular weight excluding hydrogens is 424 g/mol. The van der Waals surface area contributed by atoms with Crippen molar-refractivity contribution < 1.29 is 24.5 Å². The fourth-order valence-corrected chi connectivity index (χ4v) is 3.18. The Morgan fingerprint density at radius 2 is 2.03 bits per heavy atom. The number of aromatic nitrogens is 1. The third-order valence-electron chi connectivity index (χ3n) is 5.12. The van der Waals surface area contributed by atoms with Gasteiger partial charge in [-0.25, -0.2) is 0 Å². The summed E-state index contributed by atoms with van der Waals surface area (Å²) in [7, 11) is 3.04. The van der Waals surface area contributed by atoms with Crippen LogP contribution >= 0.6 is 0 Å². The first-order valence-electron chi connectivity index (χ1n) is 10.6. The van der Waals surface area contributed by atoms with Crippen LogP contribution in [-0.4, -0.2) is 64.3 Å². The molecule has 1 heterocycles. The van der Waals surface area contributed by atoms with Gasteiger partial charge >= 0.3 is 0 Å². The minimum atomic E-state index is -1.91. The summed E-state index contributed by atoms with van der Waals surface area (Å²) < 4.78 is 5.41. The molecule has 1 aliphatic carbocycles. The van der Waals surface area contributed by atoms with Crippen molar-refractivity contribution in [2.45, 2.75) is 45.1 Å². The average molecular weight is 457 g/mol. The van der Waals surface area contributed by atoms with Gasteiger partial charge in [-0.2, -0.15) is 0 Å². The number of aliphatic hydroxyl groups excluding tert-OH is 2. The normalized spacial score (nSPS) is 16.5. The van der Waals surface area contributed by atoms with Crippen LogP contribution in [0.25, 0.3) is 0 Å². The molecule has 0 saturated heterocycles. The number of ether oxygens (including phenoxy) is 1. The Labute approximate surface area is 194 Å². The predicted octanol–water partition coefficient (Wildman–Crippen LogP) is 1.13. The summed E-state index contributed by atoms with van der Waals surface area (Å²) in [6, 6.07) is 4.81. The molecule has 9 nitrogen and oxygen atoms in total. The molecule has 33 heavy (non-hydrogen) atoms. The largest absolute Gasteiger partial charge is 0.495 e. The van der Waals surface area contributed by atoms with Crippen LogP contribution < -0.4 is 10.6 Å². The molecule has 0 aromatic carbocycles. The Morgan fingerprint density at radius 3 is 2.67 bits per heavy atom. The van der Waals surface area contributed by atoms with Crippen molar-refractivity contribution in [1.29, 1.82) is 0 Å². The van der Waals surface area contributed by atoms with Crippen LogP contribution in [0, 0.1) is 0 Å². The van der Waals surface area contributed by atoms with Crippen molar-refractivity contribution >= 4 is 11.8 Å². The van der Waals surface area contributed by atoms with E-state index in [1.54, 1.807) is 44.6 Å². The molecular formula is C24H32N4O5. The summed E-state index contributed by atoms with van der Waals surface area (Å²) in [4.78, 5) is 30.3. The van der Waals surface area contributed by atoms with Crippen molar-refractivity contribution in [3.63, 3.8) is 0 Å². The van der Waals surface area contributed by atoms with E-state index in [9.17, 15) is 19.8 Å². The third kappa shape index (κ3) is 7.30. The zero-order valence-corrected chi connectivity index (χ0v) is 19.4. The van der Waals surface area contributed by atoms with Crippen LogP contribution in [0.3, 0.4) is 0 Å². The molecule has 1 aromatic rings. The molecule has 0 fully saturated rings. The lowest BCUT2D eigenvalue weighted by Crippen LogP contribution is -2.51. The second-order valence-electron chi connectivity index (χ2n) is 7.58. The molecule has 0 saturated carbocycles. The molecule has 1 aliphatic rings. The highest BCUT2D eigenvalue weighted by Gasteiger charge is 2.33. The maximum Gasteiger partial charge on any atom is 0.254 e. The van der Waals surface area contributed by atoms with Crippen LogP contribution in [0.1, 0.15) is 26.0 Å². The predicted molar refractivity (Wildman–Crippen MR) is 124 cm³/mol. The SMILES string of the molecule is C/C=C\NC1=CC=C([C@@H](C)NC(=O)[C@H](O)[C@@H](O)C(=O)N(C)Cc2ccccn2)CC=C1OC. The Bertz CT molecular complexity index is 939. The van der Waals surface area contributed by atoms with Gasteiger partial charge in [-0.3, -0.25) is 14.6 Å². The fraction of sp³-hybridized carbons (Fsp3) is 0.375. The summed E-state index contributed by atoms with van der Waals surface area (Å²) in [5.41, 5.74) is 2.24. The number of aliphatic hydroxyl groups is 2. The summed E-state index contributed by atoms with van der Waals surface area (Å²) in [6.45, 7) is 3.79. The molecule has 0 bridgehead atoms. The van der Waals surface area contributed by atoms with Crippen LogP contribution in [0.15, 0.2) is 71.9 Å². The lowest BCUT2D eigenvalue weighted by atomic mass is 10.0. The van der Waals surface area contributed by atoms with E-state index in [0.717, 1.165) is 11.3 Å². The van der Waals surface area contributed by atoms with Crippen LogP contribution in [0.5, 0.6) is 0 Å². The molecule has 0 spiro atoms. The number of hydrogen-bond acceptors (Lipinski definition) is 7. The van der Waals surface area contributed by atoms with Crippen LogP contribution in [0.4, 0.5) is 0 Å². The van der Waals surface area contributed by atoms with E-state index in [1.807, 2.05) is 31.2 Å². The van der Waals surface area contributed by atoms with E-state index in [4.69, 9.17) is 4.74 Å². The Morgan fingerprint density at radius 1 is 1.27 bits per heavy atom. The molecule has 3 atom stereocenters. The number of pyridine rings is 1. The number of amides is 2. The van der Waals surface area contributed by atoms with E-state index in [2.05, 4.69) is 15.6 Å². The van der Waals surface area contributed by atoms with Gasteiger partial charge in [0.15, 0.2) is 12.2 Å². The summed E-state index contributed by atoms with van der Waals surface area (Å²) in [6.07, 6.45) is 7.50. The first-order valence-corrected chi connectivity index (χ1v) is 10.6. The van der Waals surface area contributed by atoms with E-state index in [1.165, 1.54) is 11.9 Å². The van der Waals surface area contributed by atoms with E-state index in [-0.39, 0.29) is 6.54 Å². The first-order chi connectivity index (χ1) is 15.8. The van der Waals surface area contributed by atoms with E-state index < -0.39 is 30.1 Å². The molecule has 0 radical (unpaired) electrons. The van der Waals surface area contributed by atoms with Crippen LogP contribution in [0.2, 0.25) is 0 Å². The topological polar surface area (TPSA) is 124 Å². The van der Waals surface area contributed by atoms with Gasteiger partial charge < -0.3 is 30.5 Å². The summed E-state index contributed by atoms with van der Waals surface area (Å²) in [5, 5.41) is 26.3. The number of allylic oxidation sites excluding steroid dienone is 4. The number of methoxy groups -OCH3 is 1. The number of rotatable bonds is 10. The lowest BCUT2D eigenvalue weighted by Gasteiger charge is -2.24. The van der Waals surface area contributed by atoms with Gasteiger partial charge in [-0.05, 0) is 56.3 Å². The standard InChI is InChI=1S/C24H32N4O5/c1-5-13-26-19-11-9-17(10-12-20(19)33-4)16(2)27-23(31)21(29)22(30)24(32)28(3)15-18-8-6-7-14-25-18/h5-9,11-14,16,21-22,26,29-30H,10,15H2,1-4H3,(H,27,31)/b13-5-/t16-,21-,22-/m1/s1. The van der Waals surface area contributed by atoms with Gasteiger partial charge in [0, 0.05) is 19.3 Å². The second-order valence-corrected chi connectivity index (χ2v) is 7.58. The molecule has 0 unspecified atom stereocenters. The maximum absolute atomic E-state index is 12.5. The maximum atomic E-state index is 12.5. The highest BCUT2D eigenvalue weighted by atomic mass is 16.5. The Hall–Kier alpha value is -3.43. The van der Waals surface area contributed by atoms with Crippen molar-refractivity contribution in [2.75, 3.05) is 14.2 Å². The summed E-state index contributed by atoms with van der Waals surface area (Å²) >= 11 is 0. The number of likely N-dealkylation sites (N-methyl/N-ethyl adjacent to an activating group) is 1. The van der Waals surface area contributed by atoms with Crippen molar-refractivity contribution in [3.8, 4) is 0 Å². The van der Waals surface area contributed by atoms with Crippen LogP contribution in [-0.2, 0) is 20.9 Å². The number of hydrogen-bond donors (Lipinski definition) is 4. The number of nitrogens with one attached hydrogen (secondary N) is 2. The van der Waals surface area contributed by atoms with Crippen molar-refractivity contribution in [1.82, 2.24) is 20.5 Å². The van der Waals surface area contributed by atoms with Gasteiger partial charge in [-0.1, -0.05) is 18.2 Å². The third-order valence-corrected chi connectivity index (χ3v) is 5.12. The van der Waals surface area contributed by atoms with Gasteiger partial charge in [0.1, 0.15) is 5.76 Å². The highest BCUT2D eigenvalue weighted by molar-refractivity contribution is 5.90. The van der Waals surface area contributed by atoms with Gasteiger partial charge in [-0.15, -0.1) is 0 Å². The average Bonchev–Trinajstić information content (AvgIpc) is 3.03. The highest BCUT2D eigenvalue weighted by Crippen LogP contribution is 2.20. The first kappa shape index (κ1) is 25.8. The Kier molecular flexibility index (Phi) is 9.84. The van der Waals surface area contributed by atoms with E-state index >= 15 is 0 Å². The van der Waals surface area contributed by atoms with Gasteiger partial charge in [0.2, 0.25) is 0 Å². The van der Waals surface area contributed by atoms with Gasteiger partial charge in [0.05, 0.1) is 25.0 Å². The molecule has 9 heteroatoms. The molecule has 2 rings (SSSR count). The lowest BCUT2D eigenvalue weighted by molar-refractivity contribution is -0.152. The molecule has 178 valence electrons. The minimum absolute atomic E-state index is 0.137. The molecule has 1 aromatic heterocycles. The number of carbonyl (C=O) groups is 2. The van der Waals surface area contributed by atoms with Gasteiger partial charge in [0.25, 0.3) is 11.8 Å². The van der Waals surface area contributed by atoms with Crippen molar-refractivity contribution in [3.05, 3.63) is 77.6 Å². The zero-order valence-electron chi connectivity index (χ0n) is 19.4. The Balaban J connectivity index is 2.00. The quantitative estimate of drug-likeness (QED) is 0.416. The molecule has 0 aliphatic heterocycles. The number of carbonyl (C=O) groups excluding carboxylic acids is 2. The minimum Gasteiger partial charge on any atom is -0.495 e. The molecule has 4 N–H and O–H groups in total. The van der Waals surface area contributed by atoms with Crippen molar-refractivity contribution in [2.24, 2.45) is 0 Å². The number of nitrogens with zero attached hydrogens (tertiary/aromatic N) is 2. The van der Waals surface area contributed by atoms with E-state index in [0.29, 0.717) is 17.9 Å². The summed E-state index contributed by atoms with van der Waals surface area (Å²) in [5.74, 6) is -0.957. The monoisotopic (exact) mass is 456 g/mol. The zero-order chi connectivity index (χ0) is 24.4. The smallest absolute Gasteiger partial charge is 0.254 e. The second kappa shape index (κ2) is 12.6. The molecule has 2 amide bonds. The fourth-order valence-electron chi connectivity index (χ4n) is 3.18.